The number of esters is 1. The van der Waals surface area contributed by atoms with E-state index in [0.717, 1.165) is 5.56 Å². The number of rotatable bonds is 8. The van der Waals surface area contributed by atoms with Gasteiger partial charge in [0.2, 0.25) is 0 Å². The fraction of sp³-hybridized carbons (Fsp3) is 0.450. The van der Waals surface area contributed by atoms with Crippen molar-refractivity contribution < 1.29 is 24.2 Å². The number of β-amino-alcohol motifs (C(OH)–C–C–N with tert-alkyl or cyclic N) is 1. The summed E-state index contributed by atoms with van der Waals surface area (Å²) in [5.41, 5.74) is 2.10. The third-order valence-corrected chi connectivity index (χ3v) is 4.38. The van der Waals surface area contributed by atoms with Crippen LogP contribution in [0.4, 0.5) is 5.69 Å². The summed E-state index contributed by atoms with van der Waals surface area (Å²) in [6.45, 7) is 6.37. The van der Waals surface area contributed by atoms with E-state index < -0.39 is 11.9 Å². The second-order valence-electron chi connectivity index (χ2n) is 7.05. The lowest BCUT2D eigenvalue weighted by atomic mass is 10.1. The molecule has 8 nitrogen and oxygen atoms in total. The zero-order valence-corrected chi connectivity index (χ0v) is 16.7. The number of amides is 2. The highest BCUT2D eigenvalue weighted by Crippen LogP contribution is 2.25. The highest BCUT2D eigenvalue weighted by molar-refractivity contribution is 6.08. The summed E-state index contributed by atoms with van der Waals surface area (Å²) < 4.78 is 4.78. The molecule has 152 valence electrons. The quantitative estimate of drug-likeness (QED) is 0.574. The molecule has 0 aromatic heterocycles. The lowest BCUT2D eigenvalue weighted by Gasteiger charge is -2.16. The van der Waals surface area contributed by atoms with E-state index in [1.807, 2.05) is 20.8 Å². The van der Waals surface area contributed by atoms with Crippen LogP contribution >= 0.6 is 0 Å². The fourth-order valence-electron chi connectivity index (χ4n) is 2.78. The van der Waals surface area contributed by atoms with Gasteiger partial charge in [-0.15, -0.1) is 0 Å². The minimum absolute atomic E-state index is 0.0576. The molecule has 1 aliphatic heterocycles. The zero-order chi connectivity index (χ0) is 20.8. The number of nitrogens with zero attached hydrogens (tertiary/aromatic N) is 1. The van der Waals surface area contributed by atoms with Crippen LogP contribution in [0.25, 0.3) is 0 Å². The molecular weight excluding hydrogens is 362 g/mol. The minimum Gasteiger partial charge on any atom is -0.466 e. The molecule has 1 aromatic rings. The maximum Gasteiger partial charge on any atom is 0.337 e. The first-order valence-corrected chi connectivity index (χ1v) is 9.16. The molecule has 2 rings (SSSR count). The fourth-order valence-corrected chi connectivity index (χ4v) is 2.78. The van der Waals surface area contributed by atoms with Gasteiger partial charge in [-0.25, -0.2) is 4.79 Å². The van der Waals surface area contributed by atoms with Crippen molar-refractivity contribution >= 4 is 23.5 Å². The number of aryl methyl sites for hydroxylation is 1. The monoisotopic (exact) mass is 389 g/mol. The van der Waals surface area contributed by atoms with Gasteiger partial charge >= 0.3 is 5.97 Å². The molecular formula is C20H27N3O5. The van der Waals surface area contributed by atoms with Crippen LogP contribution in [0.15, 0.2) is 29.5 Å². The van der Waals surface area contributed by atoms with E-state index >= 15 is 0 Å². The summed E-state index contributed by atoms with van der Waals surface area (Å²) in [5, 5.41) is 15.0. The van der Waals surface area contributed by atoms with E-state index in [1.54, 1.807) is 18.2 Å². The Bertz CT molecular complexity index is 801. The average Bonchev–Trinajstić information content (AvgIpc) is 2.97. The number of aliphatic hydroxyl groups excluding tert-OH is 1. The number of ether oxygens (including phenoxy) is 1. The normalized spacial score (nSPS) is 13.9. The molecule has 1 heterocycles. The molecule has 28 heavy (non-hydrogen) atoms. The number of benzene rings is 1. The SMILES string of the molecule is COC(=O)C1=C(Nc2cc(C(=O)NCC(C)C)ccc2C)C(=O)N(CCO)C1. The topological polar surface area (TPSA) is 108 Å². The van der Waals surface area contributed by atoms with Gasteiger partial charge in [0.1, 0.15) is 5.70 Å². The molecule has 1 aliphatic rings. The summed E-state index contributed by atoms with van der Waals surface area (Å²) in [5.74, 6) is -0.893. The lowest BCUT2D eigenvalue weighted by molar-refractivity contribution is -0.136. The number of carbonyl (C=O) groups is 3. The number of hydrogen-bond acceptors (Lipinski definition) is 6. The van der Waals surface area contributed by atoms with Crippen LogP contribution in [0.1, 0.15) is 29.8 Å². The molecule has 0 bridgehead atoms. The van der Waals surface area contributed by atoms with Gasteiger partial charge in [-0.1, -0.05) is 19.9 Å². The van der Waals surface area contributed by atoms with Crippen molar-refractivity contribution in [1.82, 2.24) is 10.2 Å². The average molecular weight is 389 g/mol. The molecule has 2 amide bonds. The molecule has 8 heteroatoms. The number of carbonyl (C=O) groups excluding carboxylic acids is 3. The summed E-state index contributed by atoms with van der Waals surface area (Å²) in [6, 6.07) is 5.13. The van der Waals surface area contributed by atoms with Crippen LogP contribution in [-0.2, 0) is 14.3 Å². The highest BCUT2D eigenvalue weighted by Gasteiger charge is 2.34. The minimum atomic E-state index is -0.611. The largest absolute Gasteiger partial charge is 0.466 e. The van der Waals surface area contributed by atoms with Crippen LogP contribution in [-0.4, -0.2) is 61.1 Å². The molecule has 1 aromatic carbocycles. The second-order valence-corrected chi connectivity index (χ2v) is 7.05. The van der Waals surface area contributed by atoms with Gasteiger partial charge in [0, 0.05) is 24.3 Å². The van der Waals surface area contributed by atoms with Crippen molar-refractivity contribution in [2.24, 2.45) is 5.92 Å². The van der Waals surface area contributed by atoms with E-state index in [0.29, 0.717) is 23.7 Å². The second kappa shape index (κ2) is 9.36. The van der Waals surface area contributed by atoms with Crippen molar-refractivity contribution in [2.75, 3.05) is 38.7 Å². The molecule has 0 saturated heterocycles. The first-order valence-electron chi connectivity index (χ1n) is 9.16. The lowest BCUT2D eigenvalue weighted by Crippen LogP contribution is -2.31. The van der Waals surface area contributed by atoms with Crippen molar-refractivity contribution in [1.29, 1.82) is 0 Å². The number of hydrogen-bond donors (Lipinski definition) is 3. The van der Waals surface area contributed by atoms with Gasteiger partial charge in [-0.2, -0.15) is 0 Å². The Kier molecular flexibility index (Phi) is 7.17. The molecule has 3 N–H and O–H groups in total. The van der Waals surface area contributed by atoms with Crippen LogP contribution in [0.5, 0.6) is 0 Å². The first-order chi connectivity index (χ1) is 13.3. The van der Waals surface area contributed by atoms with Gasteiger partial charge in [-0.3, -0.25) is 9.59 Å². The van der Waals surface area contributed by atoms with Crippen LogP contribution in [0.3, 0.4) is 0 Å². The van der Waals surface area contributed by atoms with E-state index in [9.17, 15) is 14.4 Å². The van der Waals surface area contributed by atoms with Crippen molar-refractivity contribution in [2.45, 2.75) is 20.8 Å². The molecule has 0 saturated carbocycles. The molecule has 0 radical (unpaired) electrons. The highest BCUT2D eigenvalue weighted by atomic mass is 16.5. The summed E-state index contributed by atoms with van der Waals surface area (Å²) in [7, 11) is 1.25. The van der Waals surface area contributed by atoms with Crippen molar-refractivity contribution in [3.63, 3.8) is 0 Å². The zero-order valence-electron chi connectivity index (χ0n) is 16.7. The summed E-state index contributed by atoms with van der Waals surface area (Å²) >= 11 is 0. The maximum absolute atomic E-state index is 12.6. The van der Waals surface area contributed by atoms with Gasteiger partial charge in [0.25, 0.3) is 11.8 Å². The van der Waals surface area contributed by atoms with Crippen LogP contribution < -0.4 is 10.6 Å². The number of methoxy groups -OCH3 is 1. The van der Waals surface area contributed by atoms with Crippen LogP contribution in [0, 0.1) is 12.8 Å². The molecule has 0 fully saturated rings. The maximum atomic E-state index is 12.6. The molecule has 0 atom stereocenters. The number of nitrogens with one attached hydrogen (secondary N) is 2. The van der Waals surface area contributed by atoms with Gasteiger partial charge in [0.05, 0.1) is 25.8 Å². The van der Waals surface area contributed by atoms with E-state index in [1.165, 1.54) is 12.0 Å². The Hall–Kier alpha value is -2.87. The predicted octanol–water partition coefficient (Wildman–Crippen LogP) is 1.05. The smallest absolute Gasteiger partial charge is 0.337 e. The van der Waals surface area contributed by atoms with Gasteiger partial charge in [-0.05, 0) is 30.5 Å². The third-order valence-electron chi connectivity index (χ3n) is 4.38. The Morgan fingerprint density at radius 2 is 2.04 bits per heavy atom. The van der Waals surface area contributed by atoms with E-state index in [-0.39, 0.29) is 36.9 Å². The van der Waals surface area contributed by atoms with E-state index in [4.69, 9.17) is 9.84 Å². The first kappa shape index (κ1) is 21.4. The third kappa shape index (κ3) is 4.89. The van der Waals surface area contributed by atoms with Crippen molar-refractivity contribution in [3.8, 4) is 0 Å². The van der Waals surface area contributed by atoms with E-state index in [2.05, 4.69) is 10.6 Å². The Labute approximate surface area is 164 Å². The Morgan fingerprint density at radius 1 is 1.32 bits per heavy atom. The van der Waals surface area contributed by atoms with Gasteiger partial charge in [0.15, 0.2) is 0 Å². The van der Waals surface area contributed by atoms with Crippen molar-refractivity contribution in [3.05, 3.63) is 40.6 Å². The standard InChI is InChI=1S/C20H27N3O5/c1-12(2)10-21-18(25)14-6-5-13(3)16(9-14)22-17-15(20(27)28-4)11-23(7-8-24)19(17)26/h5-6,9,12,22,24H,7-8,10-11H2,1-4H3,(H,21,25). The molecule has 0 aliphatic carbocycles. The predicted molar refractivity (Wildman–Crippen MR) is 105 cm³/mol. The molecule has 0 spiro atoms. The summed E-state index contributed by atoms with van der Waals surface area (Å²) in [6.07, 6.45) is 0. The summed E-state index contributed by atoms with van der Waals surface area (Å²) in [4.78, 5) is 38.4. The number of anilines is 1. The van der Waals surface area contributed by atoms with Crippen LogP contribution in [0.2, 0.25) is 0 Å². The molecule has 0 unspecified atom stereocenters. The Morgan fingerprint density at radius 3 is 2.64 bits per heavy atom. The van der Waals surface area contributed by atoms with Gasteiger partial charge < -0.3 is 25.4 Å². The number of aliphatic hydroxyl groups is 1. The Balaban J connectivity index is 2.31.